The van der Waals surface area contributed by atoms with Gasteiger partial charge in [-0.15, -0.1) is 0 Å². The molecule has 1 fully saturated rings. The minimum atomic E-state index is -0.272. The van der Waals surface area contributed by atoms with Crippen LogP contribution < -0.4 is 0 Å². The molecule has 0 spiro atoms. The Balaban J connectivity index is 2.17. The van der Waals surface area contributed by atoms with Crippen LogP contribution in [0, 0.1) is 5.92 Å². The van der Waals surface area contributed by atoms with E-state index in [2.05, 4.69) is 13.0 Å². The zero-order valence-electron chi connectivity index (χ0n) is 9.21. The quantitative estimate of drug-likeness (QED) is 0.675. The molecule has 1 saturated carbocycles. The van der Waals surface area contributed by atoms with Crippen molar-refractivity contribution in [3.05, 3.63) is 11.8 Å². The molecule has 2 rings (SSSR count). The highest BCUT2D eigenvalue weighted by Crippen LogP contribution is 2.43. The van der Waals surface area contributed by atoms with E-state index in [0.29, 0.717) is 5.92 Å². The average molecular weight is 196 g/mol. The van der Waals surface area contributed by atoms with Gasteiger partial charge >= 0.3 is 0 Å². The Hall–Kier alpha value is -0.500. The number of hydrogen-bond donors (Lipinski definition) is 0. The van der Waals surface area contributed by atoms with Crippen molar-refractivity contribution in [3.63, 3.8) is 0 Å². The largest absolute Gasteiger partial charge is 0.467 e. The van der Waals surface area contributed by atoms with Crippen LogP contribution in [0.25, 0.3) is 0 Å². The first-order valence-electron chi connectivity index (χ1n) is 5.76. The van der Waals surface area contributed by atoms with Crippen molar-refractivity contribution >= 4 is 0 Å². The molecule has 2 nitrogen and oxygen atoms in total. The first-order valence-corrected chi connectivity index (χ1v) is 5.76. The maximum Gasteiger partial charge on any atom is 0.213 e. The van der Waals surface area contributed by atoms with Gasteiger partial charge in [0.2, 0.25) is 5.79 Å². The lowest BCUT2D eigenvalue weighted by molar-refractivity contribution is -0.265. The van der Waals surface area contributed by atoms with Gasteiger partial charge in [0.15, 0.2) is 0 Å². The summed E-state index contributed by atoms with van der Waals surface area (Å²) in [5, 5.41) is 0. The minimum Gasteiger partial charge on any atom is -0.467 e. The van der Waals surface area contributed by atoms with Crippen molar-refractivity contribution in [2.75, 3.05) is 6.61 Å². The van der Waals surface area contributed by atoms with Crippen molar-refractivity contribution in [2.24, 2.45) is 5.92 Å². The van der Waals surface area contributed by atoms with Crippen LogP contribution in [0.3, 0.4) is 0 Å². The standard InChI is InChI=1S/C12H20O2/c1-3-13-12-9-5-4-6-11(12)8-7-10(2)14-12/h7,11H,3-6,8-9H2,1-2H3. The van der Waals surface area contributed by atoms with Gasteiger partial charge in [0.1, 0.15) is 0 Å². The lowest BCUT2D eigenvalue weighted by Gasteiger charge is -2.45. The number of ether oxygens (including phenoxy) is 2. The zero-order chi connectivity index (χ0) is 10.0. The fourth-order valence-electron chi connectivity index (χ4n) is 2.70. The highest BCUT2D eigenvalue weighted by Gasteiger charge is 2.45. The molecule has 0 aromatic heterocycles. The highest BCUT2D eigenvalue weighted by atomic mass is 16.7. The fraction of sp³-hybridized carbons (Fsp3) is 0.833. The molecular weight excluding hydrogens is 176 g/mol. The Kier molecular flexibility index (Phi) is 2.82. The van der Waals surface area contributed by atoms with Gasteiger partial charge in [0.05, 0.1) is 5.76 Å². The molecule has 0 aromatic rings. The molecule has 0 amide bonds. The topological polar surface area (TPSA) is 18.5 Å². The van der Waals surface area contributed by atoms with Gasteiger partial charge in [0.25, 0.3) is 0 Å². The summed E-state index contributed by atoms with van der Waals surface area (Å²) in [5.41, 5.74) is 0. The zero-order valence-corrected chi connectivity index (χ0v) is 9.21. The van der Waals surface area contributed by atoms with Crippen LogP contribution in [0.1, 0.15) is 46.0 Å². The Labute approximate surface area is 86.3 Å². The fourth-order valence-corrected chi connectivity index (χ4v) is 2.70. The Morgan fingerprint density at radius 1 is 1.57 bits per heavy atom. The highest BCUT2D eigenvalue weighted by molar-refractivity contribution is 5.02. The summed E-state index contributed by atoms with van der Waals surface area (Å²) in [6, 6.07) is 0. The van der Waals surface area contributed by atoms with Gasteiger partial charge in [-0.2, -0.15) is 0 Å². The van der Waals surface area contributed by atoms with Crippen molar-refractivity contribution < 1.29 is 9.47 Å². The summed E-state index contributed by atoms with van der Waals surface area (Å²) in [6.45, 7) is 4.84. The Bertz CT molecular complexity index is 230. The Morgan fingerprint density at radius 3 is 3.21 bits per heavy atom. The third-order valence-corrected chi connectivity index (χ3v) is 3.36. The smallest absolute Gasteiger partial charge is 0.213 e. The van der Waals surface area contributed by atoms with Crippen molar-refractivity contribution in [1.82, 2.24) is 0 Å². The lowest BCUT2D eigenvalue weighted by Crippen LogP contribution is -2.47. The normalized spacial score (nSPS) is 37.0. The SMILES string of the molecule is CCOC12CCCCC1CC=C(C)O2. The average Bonchev–Trinajstić information content (AvgIpc) is 2.17. The van der Waals surface area contributed by atoms with Crippen LogP contribution in [0.15, 0.2) is 11.8 Å². The predicted octanol–water partition coefficient (Wildman–Crippen LogP) is 3.23. The van der Waals surface area contributed by atoms with E-state index in [1.165, 1.54) is 19.3 Å². The van der Waals surface area contributed by atoms with Crippen LogP contribution in [0.2, 0.25) is 0 Å². The monoisotopic (exact) mass is 196 g/mol. The van der Waals surface area contributed by atoms with E-state index in [9.17, 15) is 0 Å². The minimum absolute atomic E-state index is 0.272. The molecule has 2 atom stereocenters. The molecule has 14 heavy (non-hydrogen) atoms. The predicted molar refractivity (Wildman–Crippen MR) is 55.8 cm³/mol. The van der Waals surface area contributed by atoms with Gasteiger partial charge in [-0.3, -0.25) is 0 Å². The summed E-state index contributed by atoms with van der Waals surface area (Å²) in [4.78, 5) is 0. The first kappa shape index (κ1) is 10.0. The number of rotatable bonds is 2. The van der Waals surface area contributed by atoms with Gasteiger partial charge in [0, 0.05) is 18.9 Å². The van der Waals surface area contributed by atoms with Crippen LogP contribution in [0.5, 0.6) is 0 Å². The number of hydrogen-bond acceptors (Lipinski definition) is 2. The van der Waals surface area contributed by atoms with E-state index in [0.717, 1.165) is 25.2 Å². The van der Waals surface area contributed by atoms with Crippen LogP contribution in [0.4, 0.5) is 0 Å². The molecule has 0 aromatic carbocycles. The molecule has 2 heteroatoms. The van der Waals surface area contributed by atoms with Crippen LogP contribution in [-0.4, -0.2) is 12.4 Å². The summed E-state index contributed by atoms with van der Waals surface area (Å²) < 4.78 is 11.8. The first-order chi connectivity index (χ1) is 6.77. The van der Waals surface area contributed by atoms with Crippen LogP contribution >= 0.6 is 0 Å². The molecule has 80 valence electrons. The van der Waals surface area contributed by atoms with Gasteiger partial charge in [-0.1, -0.05) is 6.42 Å². The van der Waals surface area contributed by atoms with E-state index >= 15 is 0 Å². The van der Waals surface area contributed by atoms with E-state index in [-0.39, 0.29) is 5.79 Å². The van der Waals surface area contributed by atoms with E-state index in [1.54, 1.807) is 0 Å². The summed E-state index contributed by atoms with van der Waals surface area (Å²) in [5.74, 6) is 1.35. The molecule has 0 radical (unpaired) electrons. The molecule has 0 bridgehead atoms. The number of fused-ring (bicyclic) bond motifs is 1. The summed E-state index contributed by atoms with van der Waals surface area (Å²) in [7, 11) is 0. The van der Waals surface area contributed by atoms with Gasteiger partial charge in [-0.25, -0.2) is 0 Å². The molecule has 2 aliphatic rings. The molecule has 0 saturated heterocycles. The number of allylic oxidation sites excluding steroid dienone is 2. The molecular formula is C12H20O2. The van der Waals surface area contributed by atoms with E-state index in [4.69, 9.17) is 9.47 Å². The van der Waals surface area contributed by atoms with E-state index < -0.39 is 0 Å². The van der Waals surface area contributed by atoms with Crippen molar-refractivity contribution in [3.8, 4) is 0 Å². The third-order valence-electron chi connectivity index (χ3n) is 3.36. The second kappa shape index (κ2) is 3.93. The maximum absolute atomic E-state index is 5.96. The Morgan fingerprint density at radius 2 is 2.43 bits per heavy atom. The van der Waals surface area contributed by atoms with Crippen molar-refractivity contribution in [1.29, 1.82) is 0 Å². The summed E-state index contributed by atoms with van der Waals surface area (Å²) >= 11 is 0. The maximum atomic E-state index is 5.96. The van der Waals surface area contributed by atoms with Crippen LogP contribution in [-0.2, 0) is 9.47 Å². The lowest BCUT2D eigenvalue weighted by atomic mass is 9.79. The van der Waals surface area contributed by atoms with Gasteiger partial charge < -0.3 is 9.47 Å². The molecule has 1 aliphatic heterocycles. The third kappa shape index (κ3) is 1.68. The molecule has 2 unspecified atom stereocenters. The van der Waals surface area contributed by atoms with Gasteiger partial charge in [-0.05, 0) is 39.2 Å². The second-order valence-corrected chi connectivity index (χ2v) is 4.34. The molecule has 1 aliphatic carbocycles. The molecule has 1 heterocycles. The molecule has 0 N–H and O–H groups in total. The van der Waals surface area contributed by atoms with Crippen molar-refractivity contribution in [2.45, 2.75) is 51.7 Å². The van der Waals surface area contributed by atoms with E-state index in [1.807, 2.05) is 6.92 Å². The second-order valence-electron chi connectivity index (χ2n) is 4.34. The summed E-state index contributed by atoms with van der Waals surface area (Å²) in [6.07, 6.45) is 8.22.